The van der Waals surface area contributed by atoms with E-state index in [-0.39, 0.29) is 5.25 Å². The predicted molar refractivity (Wildman–Crippen MR) is 58.1 cm³/mol. The van der Waals surface area contributed by atoms with Gasteiger partial charge in [0.05, 0.1) is 11.8 Å². The third kappa shape index (κ3) is 2.95. The van der Waals surface area contributed by atoms with Crippen LogP contribution in [0.1, 0.15) is 17.5 Å². The number of hydrogen-bond donors (Lipinski definition) is 1. The van der Waals surface area contributed by atoms with E-state index in [9.17, 15) is 0 Å². The van der Waals surface area contributed by atoms with Gasteiger partial charge in [-0.05, 0) is 30.9 Å². The fourth-order valence-electron chi connectivity index (χ4n) is 1.03. The average Bonchev–Trinajstić information content (AvgIpc) is 2.61. The maximum absolute atomic E-state index is 4.36. The van der Waals surface area contributed by atoms with E-state index < -0.39 is 0 Å². The molecule has 1 rings (SSSR count). The SMILES string of the molecule is [CH2]CC(S)c1nnnn1CCN(C)C. The van der Waals surface area contributed by atoms with Crippen LogP contribution in [0.15, 0.2) is 0 Å². The quantitative estimate of drug-likeness (QED) is 0.722. The van der Waals surface area contributed by atoms with Crippen LogP contribution in [0.25, 0.3) is 0 Å². The Hall–Kier alpha value is -0.620. The summed E-state index contributed by atoms with van der Waals surface area (Å²) < 4.78 is 1.78. The first kappa shape index (κ1) is 11.5. The zero-order valence-corrected chi connectivity index (χ0v) is 9.48. The van der Waals surface area contributed by atoms with Gasteiger partial charge in [0, 0.05) is 6.54 Å². The summed E-state index contributed by atoms with van der Waals surface area (Å²) in [7, 11) is 4.03. The molecule has 0 fully saturated rings. The minimum absolute atomic E-state index is 0.0205. The number of nitrogens with zero attached hydrogens (tertiary/aromatic N) is 5. The molecule has 0 saturated heterocycles. The fourth-order valence-corrected chi connectivity index (χ4v) is 1.22. The van der Waals surface area contributed by atoms with Crippen molar-refractivity contribution >= 4 is 12.6 Å². The van der Waals surface area contributed by atoms with Crippen LogP contribution in [-0.4, -0.2) is 45.7 Å². The van der Waals surface area contributed by atoms with Gasteiger partial charge in [-0.25, -0.2) is 4.68 Å². The molecule has 1 unspecified atom stereocenters. The van der Waals surface area contributed by atoms with Crippen molar-refractivity contribution in [3.05, 3.63) is 12.7 Å². The van der Waals surface area contributed by atoms with Crippen molar-refractivity contribution in [1.29, 1.82) is 0 Å². The van der Waals surface area contributed by atoms with E-state index in [1.54, 1.807) is 4.68 Å². The molecule has 0 amide bonds. The van der Waals surface area contributed by atoms with Gasteiger partial charge in [0.25, 0.3) is 0 Å². The van der Waals surface area contributed by atoms with Gasteiger partial charge in [0.15, 0.2) is 5.82 Å². The summed E-state index contributed by atoms with van der Waals surface area (Å²) in [5.74, 6) is 0.796. The highest BCUT2D eigenvalue weighted by molar-refractivity contribution is 7.80. The molecule has 0 aliphatic carbocycles. The van der Waals surface area contributed by atoms with Crippen molar-refractivity contribution in [3.63, 3.8) is 0 Å². The molecule has 1 aromatic rings. The second-order valence-electron chi connectivity index (χ2n) is 3.37. The summed E-state index contributed by atoms with van der Waals surface area (Å²) in [6, 6.07) is 0. The second kappa shape index (κ2) is 5.31. The molecule has 5 nitrogen and oxygen atoms in total. The summed E-state index contributed by atoms with van der Waals surface area (Å²) in [6.07, 6.45) is 0.686. The Balaban J connectivity index is 2.62. The van der Waals surface area contributed by atoms with E-state index in [1.165, 1.54) is 0 Å². The number of tetrazole rings is 1. The highest BCUT2D eigenvalue weighted by atomic mass is 32.1. The van der Waals surface area contributed by atoms with Crippen molar-refractivity contribution in [3.8, 4) is 0 Å². The molecule has 79 valence electrons. The molecule has 0 aromatic carbocycles. The van der Waals surface area contributed by atoms with Crippen LogP contribution in [0.4, 0.5) is 0 Å². The standard InChI is InChI=1S/C8H16N5S/c1-4-7(14)8-9-10-11-13(8)6-5-12(2)3/h7,14H,1,4-6H2,2-3H3. The highest BCUT2D eigenvalue weighted by Crippen LogP contribution is 2.19. The third-order valence-electron chi connectivity index (χ3n) is 1.89. The molecule has 1 heterocycles. The molecule has 0 aliphatic rings. The zero-order valence-electron chi connectivity index (χ0n) is 8.59. The van der Waals surface area contributed by atoms with Crippen LogP contribution in [0, 0.1) is 6.92 Å². The van der Waals surface area contributed by atoms with Crippen molar-refractivity contribution < 1.29 is 0 Å². The molecule has 0 aliphatic heterocycles. The molecule has 1 atom stereocenters. The predicted octanol–water partition coefficient (Wildman–Crippen LogP) is 0.430. The van der Waals surface area contributed by atoms with Crippen LogP contribution >= 0.6 is 12.6 Å². The van der Waals surface area contributed by atoms with Gasteiger partial charge in [0.2, 0.25) is 0 Å². The van der Waals surface area contributed by atoms with E-state index in [4.69, 9.17) is 0 Å². The van der Waals surface area contributed by atoms with Crippen LogP contribution in [0.2, 0.25) is 0 Å². The summed E-state index contributed by atoms with van der Waals surface area (Å²) in [5, 5.41) is 11.5. The minimum Gasteiger partial charge on any atom is -0.308 e. The van der Waals surface area contributed by atoms with Gasteiger partial charge in [-0.3, -0.25) is 0 Å². The topological polar surface area (TPSA) is 46.8 Å². The van der Waals surface area contributed by atoms with Crippen LogP contribution in [-0.2, 0) is 6.54 Å². The Morgan fingerprint density at radius 2 is 2.29 bits per heavy atom. The van der Waals surface area contributed by atoms with Crippen LogP contribution in [0.5, 0.6) is 0 Å². The second-order valence-corrected chi connectivity index (χ2v) is 3.99. The van der Waals surface area contributed by atoms with E-state index in [2.05, 4.69) is 40.0 Å². The molecule has 0 N–H and O–H groups in total. The Morgan fingerprint density at radius 3 is 2.86 bits per heavy atom. The normalized spacial score (nSPS) is 13.5. The Kier molecular flexibility index (Phi) is 4.34. The Bertz CT molecular complexity index is 272. The van der Waals surface area contributed by atoms with Gasteiger partial charge in [-0.1, -0.05) is 6.92 Å². The van der Waals surface area contributed by atoms with Crippen LogP contribution < -0.4 is 0 Å². The lowest BCUT2D eigenvalue weighted by molar-refractivity contribution is 0.366. The Morgan fingerprint density at radius 1 is 1.57 bits per heavy atom. The lowest BCUT2D eigenvalue weighted by Gasteiger charge is -2.11. The zero-order chi connectivity index (χ0) is 10.6. The molecule has 1 radical (unpaired) electrons. The first-order chi connectivity index (χ1) is 6.65. The lowest BCUT2D eigenvalue weighted by atomic mass is 10.3. The van der Waals surface area contributed by atoms with E-state index in [0.29, 0.717) is 6.42 Å². The molecule has 1 aromatic heterocycles. The average molecular weight is 214 g/mol. The first-order valence-corrected chi connectivity index (χ1v) is 5.05. The fraction of sp³-hybridized carbons (Fsp3) is 0.750. The van der Waals surface area contributed by atoms with Crippen molar-refractivity contribution in [2.24, 2.45) is 0 Å². The molecule has 14 heavy (non-hydrogen) atoms. The largest absolute Gasteiger partial charge is 0.308 e. The highest BCUT2D eigenvalue weighted by Gasteiger charge is 2.12. The van der Waals surface area contributed by atoms with Gasteiger partial charge in [-0.15, -0.1) is 5.10 Å². The molecule has 0 bridgehead atoms. The first-order valence-electron chi connectivity index (χ1n) is 4.53. The van der Waals surface area contributed by atoms with Crippen molar-refractivity contribution in [2.45, 2.75) is 18.2 Å². The van der Waals surface area contributed by atoms with Crippen molar-refractivity contribution in [2.75, 3.05) is 20.6 Å². The third-order valence-corrected chi connectivity index (χ3v) is 2.38. The smallest absolute Gasteiger partial charge is 0.163 e. The van der Waals surface area contributed by atoms with E-state index in [1.807, 2.05) is 14.1 Å². The van der Waals surface area contributed by atoms with Gasteiger partial charge >= 0.3 is 0 Å². The molecule has 0 spiro atoms. The summed E-state index contributed by atoms with van der Waals surface area (Å²) >= 11 is 4.36. The minimum atomic E-state index is 0.0205. The van der Waals surface area contributed by atoms with E-state index >= 15 is 0 Å². The molecular formula is C8H16N5S. The maximum atomic E-state index is 4.36. The van der Waals surface area contributed by atoms with Gasteiger partial charge < -0.3 is 4.90 Å². The number of aromatic nitrogens is 4. The van der Waals surface area contributed by atoms with Gasteiger partial charge in [0.1, 0.15) is 0 Å². The molecule has 6 heteroatoms. The number of hydrogen-bond acceptors (Lipinski definition) is 5. The Labute approximate surface area is 89.9 Å². The summed E-state index contributed by atoms with van der Waals surface area (Å²) in [5.41, 5.74) is 0. The van der Waals surface area contributed by atoms with Crippen LogP contribution in [0.3, 0.4) is 0 Å². The summed E-state index contributed by atoms with van der Waals surface area (Å²) in [6.45, 7) is 5.48. The van der Waals surface area contributed by atoms with Crippen molar-refractivity contribution in [1.82, 2.24) is 25.1 Å². The summed E-state index contributed by atoms with van der Waals surface area (Å²) in [4.78, 5) is 2.09. The van der Waals surface area contributed by atoms with Gasteiger partial charge in [-0.2, -0.15) is 12.6 Å². The number of rotatable bonds is 5. The monoisotopic (exact) mass is 214 g/mol. The van der Waals surface area contributed by atoms with E-state index in [0.717, 1.165) is 18.9 Å². The number of likely N-dealkylation sites (N-methyl/N-ethyl adjacent to an activating group) is 1. The lowest BCUT2D eigenvalue weighted by Crippen LogP contribution is -2.20. The maximum Gasteiger partial charge on any atom is 0.163 e. The molecular weight excluding hydrogens is 198 g/mol. The number of thiol groups is 1. The molecule has 0 saturated carbocycles.